The predicted molar refractivity (Wildman–Crippen MR) is 146 cm³/mol. The maximum Gasteiger partial charge on any atom is 0.227 e. The Hall–Kier alpha value is -4.11. The first-order valence-corrected chi connectivity index (χ1v) is 12.2. The van der Waals surface area contributed by atoms with Gasteiger partial charge in [-0.05, 0) is 68.0 Å². The summed E-state index contributed by atoms with van der Waals surface area (Å²) in [5.74, 6) is 0.486. The van der Waals surface area contributed by atoms with E-state index in [-0.39, 0.29) is 6.61 Å². The van der Waals surface area contributed by atoms with Crippen molar-refractivity contribution in [3.63, 3.8) is 0 Å². The Balaban J connectivity index is 1.50. The van der Waals surface area contributed by atoms with E-state index in [0.717, 1.165) is 41.3 Å². The van der Waals surface area contributed by atoms with Gasteiger partial charge in [-0.25, -0.2) is 15.0 Å². The lowest BCUT2D eigenvalue weighted by Crippen LogP contribution is -2.14. The van der Waals surface area contributed by atoms with Gasteiger partial charge in [0.25, 0.3) is 0 Å². The van der Waals surface area contributed by atoms with Crippen LogP contribution < -0.4 is 5.32 Å². The van der Waals surface area contributed by atoms with Crippen molar-refractivity contribution in [2.75, 3.05) is 32.6 Å². The number of rotatable bonds is 9. The third-order valence-electron chi connectivity index (χ3n) is 6.20. The highest BCUT2D eigenvalue weighted by Gasteiger charge is 2.19. The van der Waals surface area contributed by atoms with E-state index >= 15 is 0 Å². The van der Waals surface area contributed by atoms with Crippen molar-refractivity contribution in [1.82, 2.24) is 24.3 Å². The van der Waals surface area contributed by atoms with E-state index in [0.29, 0.717) is 17.2 Å². The van der Waals surface area contributed by atoms with Crippen LogP contribution in [0.4, 0.5) is 11.6 Å². The van der Waals surface area contributed by atoms with Gasteiger partial charge < -0.3 is 20.4 Å². The van der Waals surface area contributed by atoms with Crippen molar-refractivity contribution < 1.29 is 10.2 Å². The molecule has 8 nitrogen and oxygen atoms in total. The normalized spacial score (nSPS) is 12.2. The minimum absolute atomic E-state index is 0.348. The average molecular weight is 495 g/mol. The molecule has 2 aromatic carbocycles. The first-order chi connectivity index (χ1) is 18.0. The van der Waals surface area contributed by atoms with E-state index < -0.39 is 6.10 Å². The molecule has 0 fully saturated rings. The summed E-state index contributed by atoms with van der Waals surface area (Å²) in [4.78, 5) is 16.3. The average Bonchev–Trinajstić information content (AvgIpc) is 3.32. The number of fused-ring (bicyclic) bond motifs is 1. The van der Waals surface area contributed by atoms with Gasteiger partial charge in [0, 0.05) is 30.2 Å². The number of nitrogens with zero attached hydrogens (tertiary/aromatic N) is 5. The van der Waals surface area contributed by atoms with Gasteiger partial charge in [-0.1, -0.05) is 36.4 Å². The van der Waals surface area contributed by atoms with Gasteiger partial charge >= 0.3 is 0 Å². The molecule has 0 saturated carbocycles. The Morgan fingerprint density at radius 1 is 0.973 bits per heavy atom. The van der Waals surface area contributed by atoms with Crippen molar-refractivity contribution in [3.8, 4) is 22.6 Å². The highest BCUT2D eigenvalue weighted by molar-refractivity contribution is 5.81. The molecule has 0 aliphatic heterocycles. The summed E-state index contributed by atoms with van der Waals surface area (Å²) in [6, 6.07) is 23.4. The molecule has 1 unspecified atom stereocenters. The summed E-state index contributed by atoms with van der Waals surface area (Å²) in [6.07, 6.45) is 3.72. The number of aliphatic hydroxyl groups excluding tert-OH is 2. The second kappa shape index (κ2) is 10.9. The summed E-state index contributed by atoms with van der Waals surface area (Å²) in [7, 11) is 4.15. The highest BCUT2D eigenvalue weighted by atomic mass is 16.3. The number of imidazole rings is 1. The van der Waals surface area contributed by atoms with Gasteiger partial charge in [0.15, 0.2) is 0 Å². The van der Waals surface area contributed by atoms with Gasteiger partial charge in [-0.2, -0.15) is 0 Å². The summed E-state index contributed by atoms with van der Waals surface area (Å²) < 4.78 is 2.00. The third kappa shape index (κ3) is 5.51. The zero-order chi connectivity index (χ0) is 25.8. The van der Waals surface area contributed by atoms with Crippen molar-refractivity contribution in [2.24, 2.45) is 0 Å². The smallest absolute Gasteiger partial charge is 0.227 e. The minimum Gasteiger partial charge on any atom is -0.393 e. The highest BCUT2D eigenvalue weighted by Crippen LogP contribution is 2.33. The van der Waals surface area contributed by atoms with Crippen molar-refractivity contribution in [2.45, 2.75) is 12.5 Å². The number of likely N-dealkylation sites (N-methyl/N-ethyl adjacent to an activating group) is 1. The summed E-state index contributed by atoms with van der Waals surface area (Å²) in [5.41, 5.74) is 6.67. The van der Waals surface area contributed by atoms with E-state index in [4.69, 9.17) is 9.97 Å². The molecular weight excluding hydrogens is 464 g/mol. The van der Waals surface area contributed by atoms with Crippen LogP contribution in [-0.4, -0.2) is 61.7 Å². The number of anilines is 2. The van der Waals surface area contributed by atoms with Crippen LogP contribution in [0, 0.1) is 0 Å². The molecule has 37 heavy (non-hydrogen) atoms. The number of benzene rings is 2. The molecule has 0 spiro atoms. The molecule has 0 aliphatic carbocycles. The monoisotopic (exact) mass is 494 g/mol. The molecule has 0 aliphatic rings. The quantitative estimate of drug-likeness (QED) is 0.280. The zero-order valence-corrected chi connectivity index (χ0v) is 20.9. The fourth-order valence-corrected chi connectivity index (χ4v) is 4.23. The Morgan fingerprint density at radius 3 is 2.59 bits per heavy atom. The van der Waals surface area contributed by atoms with Crippen LogP contribution in [0.2, 0.25) is 0 Å². The Bertz CT molecular complexity index is 1500. The first kappa shape index (κ1) is 24.6. The van der Waals surface area contributed by atoms with E-state index in [1.165, 1.54) is 5.56 Å². The third-order valence-corrected chi connectivity index (χ3v) is 6.20. The molecule has 5 aromatic rings. The second-order valence-corrected chi connectivity index (χ2v) is 9.20. The molecule has 3 aromatic heterocycles. The Kier molecular flexibility index (Phi) is 7.23. The molecule has 1 atom stereocenters. The van der Waals surface area contributed by atoms with Crippen LogP contribution in [0.3, 0.4) is 0 Å². The van der Waals surface area contributed by atoms with Crippen LogP contribution in [0.5, 0.6) is 0 Å². The van der Waals surface area contributed by atoms with Gasteiger partial charge in [-0.3, -0.25) is 4.40 Å². The van der Waals surface area contributed by atoms with Gasteiger partial charge in [0.05, 0.1) is 23.7 Å². The van der Waals surface area contributed by atoms with E-state index in [9.17, 15) is 10.2 Å². The summed E-state index contributed by atoms with van der Waals surface area (Å²) in [5, 5.41) is 22.9. The molecule has 0 bridgehead atoms. The summed E-state index contributed by atoms with van der Waals surface area (Å²) in [6.45, 7) is 0.653. The number of aliphatic hydroxyl groups is 2. The van der Waals surface area contributed by atoms with Crippen molar-refractivity contribution in [3.05, 3.63) is 96.3 Å². The van der Waals surface area contributed by atoms with Crippen molar-refractivity contribution in [1.29, 1.82) is 0 Å². The fourth-order valence-electron chi connectivity index (χ4n) is 4.23. The lowest BCUT2D eigenvalue weighted by atomic mass is 10.0. The van der Waals surface area contributed by atoms with E-state index in [1.54, 1.807) is 12.3 Å². The van der Waals surface area contributed by atoms with Crippen LogP contribution in [0.25, 0.3) is 28.3 Å². The number of nitrogens with one attached hydrogen (secondary N) is 1. The van der Waals surface area contributed by atoms with Gasteiger partial charge in [0.1, 0.15) is 11.8 Å². The van der Waals surface area contributed by atoms with Crippen LogP contribution in [0.1, 0.15) is 17.2 Å². The zero-order valence-electron chi connectivity index (χ0n) is 20.9. The Labute approximate surface area is 215 Å². The Morgan fingerprint density at radius 2 is 1.81 bits per heavy atom. The van der Waals surface area contributed by atoms with Gasteiger partial charge in [-0.15, -0.1) is 0 Å². The maximum atomic E-state index is 10.2. The number of aromatic nitrogens is 4. The van der Waals surface area contributed by atoms with Crippen LogP contribution >= 0.6 is 0 Å². The van der Waals surface area contributed by atoms with E-state index in [1.807, 2.05) is 65.2 Å². The predicted octanol–water partition coefficient (Wildman–Crippen LogP) is 4.33. The summed E-state index contributed by atoms with van der Waals surface area (Å²) >= 11 is 0. The number of pyridine rings is 1. The standard InChI is InChI=1S/C29H30N6O2/c1-34(2)17-14-20-9-11-23(12-10-20)31-29-30-15-13-24(32-29)28-27(33-26-8-3-4-16-35(26)28)22-7-5-6-21(18-22)25(37)19-36/h3-13,15-16,18,25,36-37H,14,17,19H2,1-2H3,(H,30,31,32). The lowest BCUT2D eigenvalue weighted by Gasteiger charge is -2.11. The topological polar surface area (TPSA) is 98.8 Å². The first-order valence-electron chi connectivity index (χ1n) is 12.2. The molecule has 0 amide bonds. The molecule has 0 radical (unpaired) electrons. The molecule has 0 saturated heterocycles. The van der Waals surface area contributed by atoms with E-state index in [2.05, 4.69) is 41.4 Å². The number of hydrogen-bond acceptors (Lipinski definition) is 7. The van der Waals surface area contributed by atoms with Crippen molar-refractivity contribution >= 4 is 17.3 Å². The largest absolute Gasteiger partial charge is 0.393 e. The molecule has 3 N–H and O–H groups in total. The number of hydrogen-bond donors (Lipinski definition) is 3. The lowest BCUT2D eigenvalue weighted by molar-refractivity contribution is 0.0956. The molecule has 8 heteroatoms. The SMILES string of the molecule is CN(C)CCc1ccc(Nc2nccc(-c3c(-c4cccc(C(O)CO)c4)nc4ccccn34)n2)cc1. The van der Waals surface area contributed by atoms with Crippen LogP contribution in [0.15, 0.2) is 85.2 Å². The molecular formula is C29H30N6O2. The molecule has 188 valence electrons. The van der Waals surface area contributed by atoms with Gasteiger partial charge in [0.2, 0.25) is 5.95 Å². The van der Waals surface area contributed by atoms with Crippen LogP contribution in [-0.2, 0) is 6.42 Å². The molecule has 5 rings (SSSR count). The second-order valence-electron chi connectivity index (χ2n) is 9.20. The minimum atomic E-state index is -0.954. The maximum absolute atomic E-state index is 10.2. The molecule has 3 heterocycles. The fraction of sp³-hybridized carbons (Fsp3) is 0.207.